The van der Waals surface area contributed by atoms with E-state index in [4.69, 9.17) is 4.74 Å². The second kappa shape index (κ2) is 5.42. The number of unbranched alkanes of at least 4 members (excludes halogenated alkanes) is 1. The van der Waals surface area contributed by atoms with Gasteiger partial charge in [0.05, 0.1) is 11.8 Å². The van der Waals surface area contributed by atoms with E-state index in [0.29, 0.717) is 6.54 Å². The molecule has 0 saturated carbocycles. The van der Waals surface area contributed by atoms with Crippen LogP contribution in [0.2, 0.25) is 0 Å². The van der Waals surface area contributed by atoms with E-state index >= 15 is 0 Å². The minimum Gasteiger partial charge on any atom is -0.385 e. The van der Waals surface area contributed by atoms with Gasteiger partial charge in [-0.2, -0.15) is 0 Å². The third kappa shape index (κ3) is 2.56. The molecule has 0 aromatic carbocycles. The Morgan fingerprint density at radius 2 is 2.29 bits per heavy atom. The zero-order valence-corrected chi connectivity index (χ0v) is 10.9. The van der Waals surface area contributed by atoms with Crippen molar-refractivity contribution in [1.29, 1.82) is 0 Å². The molecule has 0 radical (unpaired) electrons. The average molecular weight is 252 g/mol. The van der Waals surface area contributed by atoms with Crippen molar-refractivity contribution in [2.24, 2.45) is 0 Å². The Bertz CT molecular complexity index is 559. The summed E-state index contributed by atoms with van der Waals surface area (Å²) in [5, 5.41) is 1.98. The number of methoxy groups -OCH3 is 1. The number of thiophene rings is 1. The smallest absolute Gasteiger partial charge is 0.271 e. The minimum absolute atomic E-state index is 0.0746. The van der Waals surface area contributed by atoms with Gasteiger partial charge in [-0.25, -0.2) is 4.98 Å². The normalized spacial score (nSPS) is 11.2. The summed E-state index contributed by atoms with van der Waals surface area (Å²) in [6.07, 6.45) is 3.55. The third-order valence-corrected chi connectivity index (χ3v) is 3.80. The summed E-state index contributed by atoms with van der Waals surface area (Å²) < 4.78 is 7.43. The minimum atomic E-state index is 0.0746. The molecule has 0 aliphatic heterocycles. The molecule has 5 heteroatoms. The third-order valence-electron chi connectivity index (χ3n) is 2.72. The van der Waals surface area contributed by atoms with E-state index in [0.717, 1.165) is 35.2 Å². The Morgan fingerprint density at radius 3 is 3.06 bits per heavy atom. The maximum Gasteiger partial charge on any atom is 0.271 e. The fourth-order valence-electron chi connectivity index (χ4n) is 1.75. The predicted molar refractivity (Wildman–Crippen MR) is 69.7 cm³/mol. The summed E-state index contributed by atoms with van der Waals surface area (Å²) in [7, 11) is 1.69. The van der Waals surface area contributed by atoms with Gasteiger partial charge in [-0.05, 0) is 30.7 Å². The Hall–Kier alpha value is -1.20. The van der Waals surface area contributed by atoms with Crippen LogP contribution in [0, 0.1) is 6.92 Å². The van der Waals surface area contributed by atoms with Crippen LogP contribution in [-0.4, -0.2) is 23.3 Å². The summed E-state index contributed by atoms with van der Waals surface area (Å²) in [4.78, 5) is 16.5. The molecule has 0 amide bonds. The molecule has 0 N–H and O–H groups in total. The van der Waals surface area contributed by atoms with Crippen LogP contribution in [0.4, 0.5) is 0 Å². The van der Waals surface area contributed by atoms with E-state index in [1.54, 1.807) is 18.0 Å². The number of aryl methyl sites for hydroxylation is 2. The summed E-state index contributed by atoms with van der Waals surface area (Å²) >= 11 is 1.48. The van der Waals surface area contributed by atoms with Crippen molar-refractivity contribution >= 4 is 21.6 Å². The standard InChI is InChI=1S/C12H16N2O2S/c1-9-7-17-11-10(9)13-8-14(12(11)15)5-3-4-6-16-2/h7-8H,3-6H2,1-2H3. The molecule has 0 saturated heterocycles. The SMILES string of the molecule is COCCCCn1cnc2c(C)csc2c1=O. The van der Waals surface area contributed by atoms with Gasteiger partial charge in [0.15, 0.2) is 0 Å². The number of rotatable bonds is 5. The van der Waals surface area contributed by atoms with Gasteiger partial charge in [-0.15, -0.1) is 11.3 Å². The number of fused-ring (bicyclic) bond motifs is 1. The molecule has 0 unspecified atom stereocenters. The highest BCUT2D eigenvalue weighted by atomic mass is 32.1. The molecule has 0 spiro atoms. The molecule has 0 bridgehead atoms. The lowest BCUT2D eigenvalue weighted by Gasteiger charge is -2.04. The first-order valence-corrected chi connectivity index (χ1v) is 6.54. The monoisotopic (exact) mass is 252 g/mol. The molecule has 92 valence electrons. The fourth-order valence-corrected chi connectivity index (χ4v) is 2.70. The summed E-state index contributed by atoms with van der Waals surface area (Å²) in [5.41, 5.74) is 1.99. The number of hydrogen-bond donors (Lipinski definition) is 0. The van der Waals surface area contributed by atoms with E-state index in [2.05, 4.69) is 4.98 Å². The van der Waals surface area contributed by atoms with Crippen molar-refractivity contribution in [3.63, 3.8) is 0 Å². The maximum absolute atomic E-state index is 12.1. The highest BCUT2D eigenvalue weighted by Crippen LogP contribution is 2.19. The number of ether oxygens (including phenoxy) is 1. The molecular formula is C12H16N2O2S. The lowest BCUT2D eigenvalue weighted by atomic mass is 10.3. The molecule has 0 fully saturated rings. The van der Waals surface area contributed by atoms with Crippen molar-refractivity contribution in [3.05, 3.63) is 27.6 Å². The van der Waals surface area contributed by atoms with Gasteiger partial charge in [-0.1, -0.05) is 0 Å². The Labute approximate surface area is 104 Å². The Morgan fingerprint density at radius 1 is 1.47 bits per heavy atom. The molecule has 2 aromatic heterocycles. The molecule has 2 rings (SSSR count). The van der Waals surface area contributed by atoms with Crippen molar-refractivity contribution in [3.8, 4) is 0 Å². The van der Waals surface area contributed by atoms with E-state index < -0.39 is 0 Å². The zero-order valence-electron chi connectivity index (χ0n) is 10.1. The summed E-state index contributed by atoms with van der Waals surface area (Å²) in [6, 6.07) is 0. The molecule has 0 atom stereocenters. The number of hydrogen-bond acceptors (Lipinski definition) is 4. The number of nitrogens with zero attached hydrogens (tertiary/aromatic N) is 2. The molecule has 0 aliphatic rings. The van der Waals surface area contributed by atoms with Crippen LogP contribution in [-0.2, 0) is 11.3 Å². The first-order valence-electron chi connectivity index (χ1n) is 5.66. The van der Waals surface area contributed by atoms with Gasteiger partial charge < -0.3 is 4.74 Å². The average Bonchev–Trinajstić information content (AvgIpc) is 2.70. The van der Waals surface area contributed by atoms with Gasteiger partial charge in [0.1, 0.15) is 4.70 Å². The van der Waals surface area contributed by atoms with Crippen molar-refractivity contribution in [1.82, 2.24) is 9.55 Å². The van der Waals surface area contributed by atoms with Gasteiger partial charge in [0.25, 0.3) is 5.56 Å². The van der Waals surface area contributed by atoms with E-state index in [-0.39, 0.29) is 5.56 Å². The molecule has 2 aromatic rings. The lowest BCUT2D eigenvalue weighted by molar-refractivity contribution is 0.191. The first kappa shape index (κ1) is 12.3. The molecule has 4 nitrogen and oxygen atoms in total. The van der Waals surface area contributed by atoms with Crippen LogP contribution < -0.4 is 5.56 Å². The second-order valence-corrected chi connectivity index (χ2v) is 4.92. The van der Waals surface area contributed by atoms with Gasteiger partial charge in [-0.3, -0.25) is 9.36 Å². The fraction of sp³-hybridized carbons (Fsp3) is 0.500. The van der Waals surface area contributed by atoms with Crippen molar-refractivity contribution in [2.75, 3.05) is 13.7 Å². The number of aromatic nitrogens is 2. The zero-order chi connectivity index (χ0) is 12.3. The van der Waals surface area contributed by atoms with Crippen LogP contribution in [0.15, 0.2) is 16.5 Å². The van der Waals surface area contributed by atoms with Crippen LogP contribution >= 0.6 is 11.3 Å². The van der Waals surface area contributed by atoms with Gasteiger partial charge in [0, 0.05) is 20.3 Å². The molecular weight excluding hydrogens is 236 g/mol. The highest BCUT2D eigenvalue weighted by molar-refractivity contribution is 7.17. The summed E-state index contributed by atoms with van der Waals surface area (Å²) in [6.45, 7) is 3.43. The lowest BCUT2D eigenvalue weighted by Crippen LogP contribution is -2.20. The molecule has 2 heterocycles. The van der Waals surface area contributed by atoms with E-state index in [1.807, 2.05) is 12.3 Å². The quantitative estimate of drug-likeness (QED) is 0.766. The largest absolute Gasteiger partial charge is 0.385 e. The topological polar surface area (TPSA) is 44.1 Å². The van der Waals surface area contributed by atoms with Crippen molar-refractivity contribution < 1.29 is 4.74 Å². The first-order chi connectivity index (χ1) is 8.24. The Kier molecular flexibility index (Phi) is 3.91. The molecule has 17 heavy (non-hydrogen) atoms. The predicted octanol–water partition coefficient (Wildman–Crippen LogP) is 2.19. The van der Waals surface area contributed by atoms with E-state index in [9.17, 15) is 4.79 Å². The van der Waals surface area contributed by atoms with E-state index in [1.165, 1.54) is 11.3 Å². The van der Waals surface area contributed by atoms with Crippen LogP contribution in [0.1, 0.15) is 18.4 Å². The maximum atomic E-state index is 12.1. The van der Waals surface area contributed by atoms with Crippen LogP contribution in [0.3, 0.4) is 0 Å². The van der Waals surface area contributed by atoms with Crippen LogP contribution in [0.5, 0.6) is 0 Å². The van der Waals surface area contributed by atoms with Crippen LogP contribution in [0.25, 0.3) is 10.2 Å². The van der Waals surface area contributed by atoms with Crippen molar-refractivity contribution in [2.45, 2.75) is 26.3 Å². The summed E-state index contributed by atoms with van der Waals surface area (Å²) in [5.74, 6) is 0. The highest BCUT2D eigenvalue weighted by Gasteiger charge is 2.07. The van der Waals surface area contributed by atoms with Gasteiger partial charge in [0.2, 0.25) is 0 Å². The Balaban J connectivity index is 2.18. The molecule has 0 aliphatic carbocycles. The van der Waals surface area contributed by atoms with Gasteiger partial charge >= 0.3 is 0 Å². The second-order valence-electron chi connectivity index (χ2n) is 4.04.